The van der Waals surface area contributed by atoms with E-state index in [1.165, 1.54) is 32.1 Å². The molecule has 1 aliphatic carbocycles. The third kappa shape index (κ3) is 4.05. The molecule has 0 aliphatic heterocycles. The van der Waals surface area contributed by atoms with Crippen molar-refractivity contribution in [1.29, 1.82) is 0 Å². The van der Waals surface area contributed by atoms with E-state index in [4.69, 9.17) is 10.5 Å². The maximum atomic E-state index is 5.95. The van der Waals surface area contributed by atoms with Gasteiger partial charge in [-0.25, -0.2) is 0 Å². The van der Waals surface area contributed by atoms with Gasteiger partial charge in [-0.05, 0) is 31.7 Å². The molecule has 0 unspecified atom stereocenters. The van der Waals surface area contributed by atoms with E-state index in [2.05, 4.69) is 18.0 Å². The second-order valence-corrected chi connectivity index (χ2v) is 5.58. The van der Waals surface area contributed by atoms with Crippen LogP contribution in [0.1, 0.15) is 39.0 Å². The van der Waals surface area contributed by atoms with Gasteiger partial charge >= 0.3 is 0 Å². The number of nitrogen functional groups attached to an aromatic ring is 1. The lowest BCUT2D eigenvalue weighted by Crippen LogP contribution is -2.26. The molecule has 2 N–H and O–H groups in total. The monoisotopic (exact) mass is 262 g/mol. The highest BCUT2D eigenvalue weighted by Crippen LogP contribution is 2.29. The molecule has 19 heavy (non-hydrogen) atoms. The minimum Gasteiger partial charge on any atom is -0.494 e. The second kappa shape index (κ2) is 6.69. The normalized spacial score (nSPS) is 16.3. The summed E-state index contributed by atoms with van der Waals surface area (Å²) in [5.41, 5.74) is 7.89. The summed E-state index contributed by atoms with van der Waals surface area (Å²) in [6.45, 7) is 3.79. The number of hydrogen-bond acceptors (Lipinski definition) is 3. The standard InChI is InChI=1S/C16H26N2O/c1-3-19-16-10-14(17)9-15(11-16)18(2)12-13-7-5-4-6-8-13/h9-11,13H,3-8,12,17H2,1-2H3. The molecule has 1 aromatic rings. The molecule has 0 bridgehead atoms. The molecule has 3 nitrogen and oxygen atoms in total. The zero-order valence-electron chi connectivity index (χ0n) is 12.2. The van der Waals surface area contributed by atoms with E-state index in [1.54, 1.807) is 0 Å². The number of benzene rings is 1. The van der Waals surface area contributed by atoms with Gasteiger partial charge in [0.1, 0.15) is 5.75 Å². The van der Waals surface area contributed by atoms with Crippen molar-refractivity contribution in [1.82, 2.24) is 0 Å². The Labute approximate surface area is 116 Å². The Hall–Kier alpha value is -1.38. The van der Waals surface area contributed by atoms with Crippen LogP contribution in [0, 0.1) is 5.92 Å². The van der Waals surface area contributed by atoms with Crippen molar-refractivity contribution in [2.24, 2.45) is 5.92 Å². The number of rotatable bonds is 5. The Morgan fingerprint density at radius 2 is 1.95 bits per heavy atom. The predicted molar refractivity (Wildman–Crippen MR) is 81.9 cm³/mol. The predicted octanol–water partition coefficient (Wildman–Crippen LogP) is 3.68. The van der Waals surface area contributed by atoms with Crippen molar-refractivity contribution in [2.75, 3.05) is 30.8 Å². The number of ether oxygens (including phenoxy) is 1. The zero-order valence-corrected chi connectivity index (χ0v) is 12.2. The first-order valence-electron chi connectivity index (χ1n) is 7.43. The lowest BCUT2D eigenvalue weighted by atomic mass is 9.89. The largest absolute Gasteiger partial charge is 0.494 e. The van der Waals surface area contributed by atoms with Crippen LogP contribution in [0.15, 0.2) is 18.2 Å². The second-order valence-electron chi connectivity index (χ2n) is 5.58. The molecule has 1 saturated carbocycles. The first-order valence-corrected chi connectivity index (χ1v) is 7.43. The van der Waals surface area contributed by atoms with Gasteiger partial charge in [-0.15, -0.1) is 0 Å². The highest BCUT2D eigenvalue weighted by molar-refractivity contribution is 5.60. The third-order valence-electron chi connectivity index (χ3n) is 3.92. The van der Waals surface area contributed by atoms with Crippen LogP contribution in [0.5, 0.6) is 5.75 Å². The first-order chi connectivity index (χ1) is 9.19. The van der Waals surface area contributed by atoms with Crippen molar-refractivity contribution in [2.45, 2.75) is 39.0 Å². The molecule has 0 spiro atoms. The Morgan fingerprint density at radius 3 is 2.63 bits per heavy atom. The first kappa shape index (κ1) is 14.0. The van der Waals surface area contributed by atoms with E-state index in [-0.39, 0.29) is 0 Å². The van der Waals surface area contributed by atoms with E-state index in [1.807, 2.05) is 19.1 Å². The summed E-state index contributed by atoms with van der Waals surface area (Å²) in [5.74, 6) is 1.70. The summed E-state index contributed by atoms with van der Waals surface area (Å²) < 4.78 is 5.56. The maximum absolute atomic E-state index is 5.95. The van der Waals surface area contributed by atoms with E-state index in [0.29, 0.717) is 6.61 Å². The van der Waals surface area contributed by atoms with Crippen molar-refractivity contribution >= 4 is 11.4 Å². The van der Waals surface area contributed by atoms with Crippen LogP contribution in [0.25, 0.3) is 0 Å². The topological polar surface area (TPSA) is 38.5 Å². The van der Waals surface area contributed by atoms with Gasteiger partial charge in [0.25, 0.3) is 0 Å². The summed E-state index contributed by atoms with van der Waals surface area (Å²) >= 11 is 0. The Morgan fingerprint density at radius 1 is 1.21 bits per heavy atom. The Bertz CT molecular complexity index is 400. The fourth-order valence-electron chi connectivity index (χ4n) is 2.94. The van der Waals surface area contributed by atoms with Crippen molar-refractivity contribution in [3.63, 3.8) is 0 Å². The minimum absolute atomic E-state index is 0.676. The van der Waals surface area contributed by atoms with E-state index < -0.39 is 0 Å². The lowest BCUT2D eigenvalue weighted by molar-refractivity contribution is 0.340. The van der Waals surface area contributed by atoms with E-state index in [0.717, 1.165) is 29.6 Å². The average Bonchev–Trinajstić information content (AvgIpc) is 2.39. The number of nitrogens with two attached hydrogens (primary N) is 1. The van der Waals surface area contributed by atoms with Crippen LogP contribution in [-0.2, 0) is 0 Å². The summed E-state index contributed by atoms with van der Waals surface area (Å²) in [4.78, 5) is 2.31. The van der Waals surface area contributed by atoms with Gasteiger partial charge in [-0.3, -0.25) is 0 Å². The van der Waals surface area contributed by atoms with Crippen LogP contribution >= 0.6 is 0 Å². The van der Waals surface area contributed by atoms with Gasteiger partial charge < -0.3 is 15.4 Å². The van der Waals surface area contributed by atoms with Gasteiger partial charge in [0, 0.05) is 37.1 Å². The quantitative estimate of drug-likeness (QED) is 0.823. The number of hydrogen-bond donors (Lipinski definition) is 1. The van der Waals surface area contributed by atoms with E-state index >= 15 is 0 Å². The molecule has 1 aliphatic rings. The smallest absolute Gasteiger partial charge is 0.123 e. The zero-order chi connectivity index (χ0) is 13.7. The SMILES string of the molecule is CCOc1cc(N)cc(N(C)CC2CCCCC2)c1. The Kier molecular flexibility index (Phi) is 4.94. The van der Waals surface area contributed by atoms with Crippen LogP contribution in [0.3, 0.4) is 0 Å². The fraction of sp³-hybridized carbons (Fsp3) is 0.625. The molecule has 1 aromatic carbocycles. The van der Waals surface area contributed by atoms with Crippen molar-refractivity contribution in [3.05, 3.63) is 18.2 Å². The van der Waals surface area contributed by atoms with Crippen molar-refractivity contribution < 1.29 is 4.74 Å². The highest BCUT2D eigenvalue weighted by atomic mass is 16.5. The lowest BCUT2D eigenvalue weighted by Gasteiger charge is -2.28. The van der Waals surface area contributed by atoms with Gasteiger partial charge in [-0.1, -0.05) is 19.3 Å². The molecule has 2 rings (SSSR count). The van der Waals surface area contributed by atoms with Gasteiger partial charge in [0.2, 0.25) is 0 Å². The number of anilines is 2. The molecule has 106 valence electrons. The van der Waals surface area contributed by atoms with Crippen LogP contribution < -0.4 is 15.4 Å². The minimum atomic E-state index is 0.676. The highest BCUT2D eigenvalue weighted by Gasteiger charge is 2.16. The summed E-state index contributed by atoms with van der Waals surface area (Å²) in [5, 5.41) is 0. The van der Waals surface area contributed by atoms with Crippen LogP contribution in [-0.4, -0.2) is 20.2 Å². The molecule has 0 radical (unpaired) electrons. The molecule has 0 saturated heterocycles. The summed E-state index contributed by atoms with van der Waals surface area (Å²) in [6.07, 6.45) is 6.92. The average molecular weight is 262 g/mol. The van der Waals surface area contributed by atoms with Crippen LogP contribution in [0.4, 0.5) is 11.4 Å². The van der Waals surface area contributed by atoms with Crippen molar-refractivity contribution in [3.8, 4) is 5.75 Å². The fourth-order valence-corrected chi connectivity index (χ4v) is 2.94. The van der Waals surface area contributed by atoms with Crippen LogP contribution in [0.2, 0.25) is 0 Å². The van der Waals surface area contributed by atoms with E-state index in [9.17, 15) is 0 Å². The maximum Gasteiger partial charge on any atom is 0.123 e. The molecule has 0 heterocycles. The molecule has 0 atom stereocenters. The Balaban J connectivity index is 2.02. The molecular formula is C16H26N2O. The molecule has 0 amide bonds. The van der Waals surface area contributed by atoms with Gasteiger partial charge in [0.15, 0.2) is 0 Å². The summed E-state index contributed by atoms with van der Waals surface area (Å²) in [7, 11) is 2.15. The molecule has 0 aromatic heterocycles. The summed E-state index contributed by atoms with van der Waals surface area (Å²) in [6, 6.07) is 6.01. The molecule has 3 heteroatoms. The molecule has 1 fully saturated rings. The van der Waals surface area contributed by atoms with Gasteiger partial charge in [0.05, 0.1) is 6.61 Å². The molecular weight excluding hydrogens is 236 g/mol. The third-order valence-corrected chi connectivity index (χ3v) is 3.92. The number of nitrogens with zero attached hydrogens (tertiary/aromatic N) is 1. The van der Waals surface area contributed by atoms with Gasteiger partial charge in [-0.2, -0.15) is 0 Å².